The van der Waals surface area contributed by atoms with E-state index in [9.17, 15) is 5.26 Å². The Hall–Kier alpha value is -1.62. The van der Waals surface area contributed by atoms with Gasteiger partial charge in [0.1, 0.15) is 6.07 Å². The molecular formula is C25H35Cl2N5O. The highest BCUT2D eigenvalue weighted by Gasteiger charge is 2.33. The third-order valence-corrected chi connectivity index (χ3v) is 7.15. The number of benzene rings is 1. The number of nitriles is 1. The van der Waals surface area contributed by atoms with Crippen LogP contribution in [0.3, 0.4) is 0 Å². The van der Waals surface area contributed by atoms with E-state index >= 15 is 0 Å². The number of hydrogen-bond acceptors (Lipinski definition) is 6. The van der Waals surface area contributed by atoms with Gasteiger partial charge in [0.2, 0.25) is 0 Å². The van der Waals surface area contributed by atoms with Crippen LogP contribution in [-0.2, 0) is 4.74 Å². The fourth-order valence-electron chi connectivity index (χ4n) is 5.71. The van der Waals surface area contributed by atoms with Crippen LogP contribution in [0.5, 0.6) is 0 Å². The van der Waals surface area contributed by atoms with Gasteiger partial charge in [-0.3, -0.25) is 14.8 Å². The lowest BCUT2D eigenvalue weighted by molar-refractivity contribution is -0.0301. The van der Waals surface area contributed by atoms with Crippen LogP contribution >= 0.6 is 24.8 Å². The second-order valence-electron chi connectivity index (χ2n) is 9.42. The summed E-state index contributed by atoms with van der Waals surface area (Å²) in [6.07, 6.45) is 7.56. The third kappa shape index (κ3) is 5.72. The highest BCUT2D eigenvalue weighted by atomic mass is 35.5. The van der Waals surface area contributed by atoms with Gasteiger partial charge < -0.3 is 9.64 Å². The molecule has 3 fully saturated rings. The van der Waals surface area contributed by atoms with E-state index in [4.69, 9.17) is 4.74 Å². The van der Waals surface area contributed by atoms with Crippen LogP contribution in [0.25, 0.3) is 10.9 Å². The van der Waals surface area contributed by atoms with Crippen molar-refractivity contribution >= 4 is 41.4 Å². The smallest absolute Gasteiger partial charge is 0.101 e. The molecular weight excluding hydrogens is 457 g/mol. The molecule has 3 atom stereocenters. The molecule has 2 aromatic rings. The predicted octanol–water partition coefficient (Wildman–Crippen LogP) is 4.10. The summed E-state index contributed by atoms with van der Waals surface area (Å²) >= 11 is 0. The Morgan fingerprint density at radius 1 is 1.06 bits per heavy atom. The van der Waals surface area contributed by atoms with Gasteiger partial charge >= 0.3 is 0 Å². The van der Waals surface area contributed by atoms with Crippen molar-refractivity contribution in [2.24, 2.45) is 0 Å². The minimum absolute atomic E-state index is 0. The fourth-order valence-corrected chi connectivity index (χ4v) is 5.71. The van der Waals surface area contributed by atoms with Crippen LogP contribution in [0.1, 0.15) is 38.2 Å². The van der Waals surface area contributed by atoms with Crippen molar-refractivity contribution < 1.29 is 4.74 Å². The van der Waals surface area contributed by atoms with Crippen molar-refractivity contribution in [3.05, 3.63) is 36.0 Å². The molecule has 1 aromatic carbocycles. The van der Waals surface area contributed by atoms with Crippen molar-refractivity contribution in [3.8, 4) is 6.07 Å². The second kappa shape index (κ2) is 11.7. The van der Waals surface area contributed by atoms with E-state index in [1.54, 1.807) is 6.20 Å². The molecule has 0 aliphatic carbocycles. The van der Waals surface area contributed by atoms with Crippen molar-refractivity contribution in [1.29, 1.82) is 5.26 Å². The van der Waals surface area contributed by atoms with Gasteiger partial charge in [0.25, 0.3) is 0 Å². The van der Waals surface area contributed by atoms with Gasteiger partial charge in [0.15, 0.2) is 0 Å². The minimum atomic E-state index is 0. The summed E-state index contributed by atoms with van der Waals surface area (Å²) < 4.78 is 6.37. The van der Waals surface area contributed by atoms with Gasteiger partial charge in [0, 0.05) is 49.5 Å². The van der Waals surface area contributed by atoms with Gasteiger partial charge in [0.05, 0.1) is 23.3 Å². The summed E-state index contributed by atoms with van der Waals surface area (Å²) in [5, 5.41) is 10.5. The zero-order valence-corrected chi connectivity index (χ0v) is 21.0. The Balaban J connectivity index is 0.00000153. The highest BCUT2D eigenvalue weighted by Crippen LogP contribution is 2.30. The number of pyridine rings is 1. The van der Waals surface area contributed by atoms with Gasteiger partial charge in [-0.25, -0.2) is 0 Å². The highest BCUT2D eigenvalue weighted by molar-refractivity contribution is 5.95. The maximum absolute atomic E-state index is 9.46. The van der Waals surface area contributed by atoms with E-state index in [0.29, 0.717) is 5.56 Å². The van der Waals surface area contributed by atoms with Crippen LogP contribution < -0.4 is 4.90 Å². The first kappa shape index (κ1) is 26.0. The number of fused-ring (bicyclic) bond motifs is 1. The number of rotatable bonds is 4. The van der Waals surface area contributed by atoms with Crippen LogP contribution in [0.2, 0.25) is 0 Å². The Bertz CT molecular complexity index is 961. The molecule has 0 N–H and O–H groups in total. The molecule has 33 heavy (non-hydrogen) atoms. The Morgan fingerprint density at radius 3 is 2.67 bits per heavy atom. The quantitative estimate of drug-likeness (QED) is 0.641. The first-order valence-electron chi connectivity index (χ1n) is 11.9. The number of piperidine rings is 1. The molecule has 3 aliphatic rings. The molecule has 8 heteroatoms. The lowest BCUT2D eigenvalue weighted by atomic mass is 10.1. The van der Waals surface area contributed by atoms with E-state index in [-0.39, 0.29) is 37.0 Å². The normalized spacial score (nSPS) is 26.4. The van der Waals surface area contributed by atoms with Crippen molar-refractivity contribution in [3.63, 3.8) is 0 Å². The molecule has 5 rings (SSSR count). The first-order chi connectivity index (χ1) is 15.2. The standard InChI is InChI=1S/C25H33N5O.2ClH/c1-19-15-30(24-8-7-20(14-26)25-23(24)6-5-10-27-25)18-22(31-19)17-28-13-9-21(16-28)29-11-3-2-4-12-29;;/h5-8,10,19,21-22H,2-4,9,11-13,15-18H2,1H3;2*1H/t19-,21+,22+;;/m1../s1. The van der Waals surface area contributed by atoms with Crippen molar-refractivity contribution in [2.75, 3.05) is 50.7 Å². The number of likely N-dealkylation sites (tertiary alicyclic amines) is 2. The minimum Gasteiger partial charge on any atom is -0.370 e. The molecule has 6 nitrogen and oxygen atoms in total. The Labute approximate surface area is 209 Å². The molecule has 1 aromatic heterocycles. The summed E-state index contributed by atoms with van der Waals surface area (Å²) in [4.78, 5) is 12.2. The van der Waals surface area contributed by atoms with Crippen molar-refractivity contribution in [1.82, 2.24) is 14.8 Å². The molecule has 0 unspecified atom stereocenters. The van der Waals surface area contributed by atoms with Gasteiger partial charge in [-0.1, -0.05) is 6.42 Å². The molecule has 3 saturated heterocycles. The zero-order chi connectivity index (χ0) is 21.2. The average Bonchev–Trinajstić information content (AvgIpc) is 3.27. The van der Waals surface area contributed by atoms with E-state index in [2.05, 4.69) is 44.8 Å². The summed E-state index contributed by atoms with van der Waals surface area (Å²) in [5.41, 5.74) is 2.59. The molecule has 0 bridgehead atoms. The molecule has 180 valence electrons. The maximum atomic E-state index is 9.46. The number of hydrogen-bond donors (Lipinski definition) is 0. The molecule has 0 spiro atoms. The zero-order valence-electron chi connectivity index (χ0n) is 19.4. The van der Waals surface area contributed by atoms with Crippen LogP contribution in [0.15, 0.2) is 30.5 Å². The SMILES string of the molecule is C[C@@H]1CN(c2ccc(C#N)c3ncccc23)C[C@H](CN2CC[C@H](N3CCCCC3)C2)O1.Cl.Cl. The van der Waals surface area contributed by atoms with Crippen molar-refractivity contribution in [2.45, 2.75) is 50.9 Å². The second-order valence-corrected chi connectivity index (χ2v) is 9.42. The van der Waals surface area contributed by atoms with Gasteiger partial charge in [-0.05, 0) is 70.1 Å². The van der Waals surface area contributed by atoms with E-state index < -0.39 is 0 Å². The lowest BCUT2D eigenvalue weighted by Gasteiger charge is -2.40. The summed E-state index contributed by atoms with van der Waals surface area (Å²) in [5.74, 6) is 0. The Kier molecular flexibility index (Phi) is 9.20. The van der Waals surface area contributed by atoms with Gasteiger partial charge in [-0.15, -0.1) is 24.8 Å². The fraction of sp³-hybridized carbons (Fsp3) is 0.600. The lowest BCUT2D eigenvalue weighted by Crippen LogP contribution is -2.51. The molecule has 3 aliphatic heterocycles. The topological polar surface area (TPSA) is 55.6 Å². The summed E-state index contributed by atoms with van der Waals surface area (Å²) in [6, 6.07) is 11.0. The maximum Gasteiger partial charge on any atom is 0.101 e. The number of halogens is 2. The third-order valence-electron chi connectivity index (χ3n) is 7.15. The number of morpholine rings is 1. The van der Waals surface area contributed by atoms with E-state index in [1.807, 2.05) is 12.1 Å². The average molecular weight is 492 g/mol. The summed E-state index contributed by atoms with van der Waals surface area (Å²) in [6.45, 7) is 9.83. The molecule has 0 saturated carbocycles. The van der Waals surface area contributed by atoms with E-state index in [1.165, 1.54) is 51.9 Å². The number of ether oxygens (including phenoxy) is 1. The van der Waals surface area contributed by atoms with Gasteiger partial charge in [-0.2, -0.15) is 5.26 Å². The largest absolute Gasteiger partial charge is 0.370 e. The monoisotopic (exact) mass is 491 g/mol. The number of nitrogens with zero attached hydrogens (tertiary/aromatic N) is 5. The predicted molar refractivity (Wildman–Crippen MR) is 138 cm³/mol. The van der Waals surface area contributed by atoms with Crippen LogP contribution in [0.4, 0.5) is 5.69 Å². The molecule has 0 radical (unpaired) electrons. The number of aromatic nitrogens is 1. The Morgan fingerprint density at radius 2 is 1.88 bits per heavy atom. The number of anilines is 1. The van der Waals surface area contributed by atoms with Crippen LogP contribution in [0, 0.1) is 11.3 Å². The molecule has 4 heterocycles. The first-order valence-corrected chi connectivity index (χ1v) is 11.9. The summed E-state index contributed by atoms with van der Waals surface area (Å²) in [7, 11) is 0. The van der Waals surface area contributed by atoms with E-state index in [0.717, 1.165) is 42.3 Å². The van der Waals surface area contributed by atoms with Crippen LogP contribution in [-0.4, -0.2) is 78.8 Å². The molecule has 0 amide bonds.